The fourth-order valence-electron chi connectivity index (χ4n) is 4.04. The summed E-state index contributed by atoms with van der Waals surface area (Å²) in [6.45, 7) is 2.03. The lowest BCUT2D eigenvalue weighted by molar-refractivity contribution is -0.134. The molecule has 0 saturated heterocycles. The normalized spacial score (nSPS) is 12.6. The van der Waals surface area contributed by atoms with E-state index in [-0.39, 0.29) is 59.1 Å². The Morgan fingerprint density at radius 3 is 2.36 bits per heavy atom. The van der Waals surface area contributed by atoms with Crippen LogP contribution in [0.4, 0.5) is 0 Å². The van der Waals surface area contributed by atoms with Gasteiger partial charge < -0.3 is 13.9 Å². The van der Waals surface area contributed by atoms with Gasteiger partial charge >= 0.3 is 5.97 Å². The van der Waals surface area contributed by atoms with E-state index < -0.39 is 5.97 Å². The van der Waals surface area contributed by atoms with E-state index >= 15 is 0 Å². The van der Waals surface area contributed by atoms with Crippen LogP contribution >= 0.6 is 0 Å². The summed E-state index contributed by atoms with van der Waals surface area (Å²) in [5.41, 5.74) is 1.63. The molecule has 2 heterocycles. The fourth-order valence-corrected chi connectivity index (χ4v) is 4.04. The lowest BCUT2D eigenvalue weighted by Crippen LogP contribution is -2.31. The predicted molar refractivity (Wildman–Crippen MR) is 130 cm³/mol. The summed E-state index contributed by atoms with van der Waals surface area (Å²) in [7, 11) is 0. The number of hydrogen-bond donors (Lipinski definition) is 0. The monoisotopic (exact) mass is 483 g/mol. The maximum absolute atomic E-state index is 12.8. The number of nitrogens with zero attached hydrogens (tertiary/aromatic N) is 1. The molecular weight excluding hydrogens is 462 g/mol. The Balaban J connectivity index is 1.20. The molecule has 0 spiro atoms. The first-order chi connectivity index (χ1) is 17.4. The van der Waals surface area contributed by atoms with Crippen molar-refractivity contribution in [1.29, 1.82) is 0 Å². The predicted octanol–water partition coefficient (Wildman–Crippen LogP) is 4.88. The maximum atomic E-state index is 12.8. The van der Waals surface area contributed by atoms with Crippen molar-refractivity contribution in [3.8, 4) is 17.2 Å². The number of aryl methyl sites for hydroxylation is 1. The Labute approximate surface area is 205 Å². The first-order valence-electron chi connectivity index (χ1n) is 11.4. The summed E-state index contributed by atoms with van der Waals surface area (Å²) >= 11 is 0. The molecule has 0 N–H and O–H groups in total. The molecule has 1 aliphatic heterocycles. The largest absolute Gasteiger partial charge is 0.460 e. The number of hydrogen-bond acceptors (Lipinski definition) is 7. The summed E-state index contributed by atoms with van der Waals surface area (Å²) in [5, 5.41) is 0.283. The average molecular weight is 483 g/mol. The third kappa shape index (κ3) is 4.48. The molecular formula is C28H21NO7. The highest BCUT2D eigenvalue weighted by molar-refractivity contribution is 6.21. The lowest BCUT2D eigenvalue weighted by atomic mass is 10.1. The van der Waals surface area contributed by atoms with Crippen molar-refractivity contribution in [2.45, 2.75) is 19.8 Å². The van der Waals surface area contributed by atoms with Gasteiger partial charge in [-0.2, -0.15) is 0 Å². The van der Waals surface area contributed by atoms with E-state index in [9.17, 15) is 19.2 Å². The molecule has 180 valence electrons. The van der Waals surface area contributed by atoms with Crippen LogP contribution in [0, 0.1) is 6.92 Å². The van der Waals surface area contributed by atoms with Crippen LogP contribution in [0.1, 0.15) is 39.1 Å². The lowest BCUT2D eigenvalue weighted by Gasteiger charge is -2.13. The van der Waals surface area contributed by atoms with E-state index in [4.69, 9.17) is 13.9 Å². The number of carbonyl (C=O) groups is 3. The highest BCUT2D eigenvalue weighted by atomic mass is 16.5. The fraction of sp³-hybridized carbons (Fsp3) is 0.143. The second-order valence-corrected chi connectivity index (χ2v) is 8.39. The number of rotatable bonds is 7. The molecule has 2 amide bonds. The third-order valence-electron chi connectivity index (χ3n) is 5.80. The average Bonchev–Trinajstić information content (AvgIpc) is 3.11. The van der Waals surface area contributed by atoms with E-state index in [1.807, 2.05) is 19.1 Å². The van der Waals surface area contributed by atoms with E-state index in [2.05, 4.69) is 0 Å². The first kappa shape index (κ1) is 23.0. The van der Waals surface area contributed by atoms with Gasteiger partial charge in [0.1, 0.15) is 23.3 Å². The van der Waals surface area contributed by atoms with Crippen molar-refractivity contribution in [2.75, 3.05) is 6.54 Å². The second-order valence-electron chi connectivity index (χ2n) is 8.39. The molecule has 0 aliphatic carbocycles. The maximum Gasteiger partial charge on any atom is 0.311 e. The van der Waals surface area contributed by atoms with Crippen molar-refractivity contribution in [3.05, 3.63) is 99.9 Å². The Hall–Kier alpha value is -4.72. The number of amides is 2. The minimum Gasteiger partial charge on any atom is -0.460 e. The summed E-state index contributed by atoms with van der Waals surface area (Å²) in [4.78, 5) is 51.1. The van der Waals surface area contributed by atoms with Crippen LogP contribution in [0.15, 0.2) is 82.2 Å². The Bertz CT molecular complexity index is 1530. The standard InChI is InChI=1S/C28H21NO7/c1-17-6-4-7-18(14-17)35-24-16-34-23-15-19(11-12-22(23)26(24)31)36-25(30)10-5-13-29-27(32)20-8-2-3-9-21(20)28(29)33/h2-4,6-9,11-12,14-16H,5,10,13H2,1H3. The van der Waals surface area contributed by atoms with Gasteiger partial charge in [0.15, 0.2) is 0 Å². The van der Waals surface area contributed by atoms with E-state index in [1.165, 1.54) is 24.5 Å². The number of benzene rings is 3. The van der Waals surface area contributed by atoms with Crippen molar-refractivity contribution in [3.63, 3.8) is 0 Å². The number of imide groups is 1. The summed E-state index contributed by atoms with van der Waals surface area (Å²) in [6.07, 6.45) is 1.48. The molecule has 36 heavy (non-hydrogen) atoms. The van der Waals surface area contributed by atoms with Crippen LogP contribution in [0.5, 0.6) is 17.2 Å². The van der Waals surface area contributed by atoms with Gasteiger partial charge in [0.25, 0.3) is 11.8 Å². The second kappa shape index (κ2) is 9.50. The molecule has 0 bridgehead atoms. The Kier molecular flexibility index (Phi) is 6.08. The highest BCUT2D eigenvalue weighted by Gasteiger charge is 2.34. The summed E-state index contributed by atoms with van der Waals surface area (Å²) in [6, 6.07) is 18.4. The molecule has 0 saturated carbocycles. The SMILES string of the molecule is Cc1cccc(Oc2coc3cc(OC(=O)CCCN4C(=O)c5ccccc5C4=O)ccc3c2=O)c1. The minimum absolute atomic E-state index is 0.00133. The van der Waals surface area contributed by atoms with Gasteiger partial charge in [-0.25, -0.2) is 0 Å². The molecule has 1 aliphatic rings. The highest BCUT2D eigenvalue weighted by Crippen LogP contribution is 2.25. The number of carbonyl (C=O) groups excluding carboxylic acids is 3. The van der Waals surface area contributed by atoms with Crippen LogP contribution in [0.3, 0.4) is 0 Å². The van der Waals surface area contributed by atoms with Crippen LogP contribution in [-0.2, 0) is 4.79 Å². The quantitative estimate of drug-likeness (QED) is 0.210. The van der Waals surface area contributed by atoms with E-state index in [1.54, 1.807) is 36.4 Å². The van der Waals surface area contributed by atoms with Crippen LogP contribution in [-0.4, -0.2) is 29.2 Å². The minimum atomic E-state index is -0.535. The molecule has 3 aromatic carbocycles. The van der Waals surface area contributed by atoms with Crippen LogP contribution in [0.2, 0.25) is 0 Å². The number of fused-ring (bicyclic) bond motifs is 2. The zero-order valence-corrected chi connectivity index (χ0v) is 19.4. The zero-order chi connectivity index (χ0) is 25.2. The molecule has 8 heteroatoms. The van der Waals surface area contributed by atoms with Crippen molar-refractivity contribution < 1.29 is 28.3 Å². The van der Waals surface area contributed by atoms with E-state index in [0.717, 1.165) is 10.5 Å². The van der Waals surface area contributed by atoms with Gasteiger partial charge in [-0.05, 0) is 55.3 Å². The Morgan fingerprint density at radius 2 is 1.64 bits per heavy atom. The molecule has 4 aromatic rings. The molecule has 0 unspecified atom stereocenters. The van der Waals surface area contributed by atoms with E-state index in [0.29, 0.717) is 16.9 Å². The van der Waals surface area contributed by atoms with Gasteiger partial charge in [-0.3, -0.25) is 24.1 Å². The summed E-state index contributed by atoms with van der Waals surface area (Å²) in [5.74, 6) is -0.477. The van der Waals surface area contributed by atoms with Gasteiger partial charge in [-0.15, -0.1) is 0 Å². The van der Waals surface area contributed by atoms with Crippen molar-refractivity contribution in [2.24, 2.45) is 0 Å². The molecule has 0 atom stereocenters. The van der Waals surface area contributed by atoms with Gasteiger partial charge in [0.05, 0.1) is 16.5 Å². The molecule has 0 radical (unpaired) electrons. The first-order valence-corrected chi connectivity index (χ1v) is 11.4. The molecule has 0 fully saturated rings. The van der Waals surface area contributed by atoms with Crippen molar-refractivity contribution in [1.82, 2.24) is 4.90 Å². The summed E-state index contributed by atoms with van der Waals surface area (Å²) < 4.78 is 16.6. The molecule has 8 nitrogen and oxygen atoms in total. The van der Waals surface area contributed by atoms with Crippen molar-refractivity contribution >= 4 is 28.8 Å². The number of esters is 1. The third-order valence-corrected chi connectivity index (χ3v) is 5.80. The van der Waals surface area contributed by atoms with Gasteiger partial charge in [0.2, 0.25) is 11.2 Å². The van der Waals surface area contributed by atoms with Crippen LogP contribution < -0.4 is 14.9 Å². The smallest absolute Gasteiger partial charge is 0.311 e. The Morgan fingerprint density at radius 1 is 0.889 bits per heavy atom. The number of ether oxygens (including phenoxy) is 2. The van der Waals surface area contributed by atoms with Gasteiger partial charge in [0, 0.05) is 19.0 Å². The molecule has 5 rings (SSSR count). The topological polar surface area (TPSA) is 103 Å². The molecule has 1 aromatic heterocycles. The van der Waals surface area contributed by atoms with Gasteiger partial charge in [-0.1, -0.05) is 24.3 Å². The zero-order valence-electron chi connectivity index (χ0n) is 19.4. The van der Waals surface area contributed by atoms with Crippen LogP contribution in [0.25, 0.3) is 11.0 Å².